The van der Waals surface area contributed by atoms with Crippen molar-refractivity contribution in [2.75, 3.05) is 7.05 Å². The van der Waals surface area contributed by atoms with Crippen LogP contribution in [0.2, 0.25) is 0 Å². The van der Waals surface area contributed by atoms with Crippen molar-refractivity contribution in [3.63, 3.8) is 0 Å². The van der Waals surface area contributed by atoms with Gasteiger partial charge < -0.3 is 15.8 Å². The van der Waals surface area contributed by atoms with Gasteiger partial charge >= 0.3 is 7.12 Å². The molecule has 0 aromatic carbocycles. The van der Waals surface area contributed by atoms with Gasteiger partial charge in [0.2, 0.25) is 0 Å². The number of amidine groups is 1. The van der Waals surface area contributed by atoms with Crippen LogP contribution >= 0.6 is 0 Å². The number of hydrogen-bond donors (Lipinski definition) is 4. The lowest BCUT2D eigenvalue weighted by Crippen LogP contribution is -2.31. The van der Waals surface area contributed by atoms with Crippen LogP contribution in [0.5, 0.6) is 0 Å². The highest BCUT2D eigenvalue weighted by Gasteiger charge is 2.11. The van der Waals surface area contributed by atoms with E-state index in [1.165, 1.54) is 25.4 Å². The molecule has 8 heteroatoms. The summed E-state index contributed by atoms with van der Waals surface area (Å²) in [5.74, 6) is 5.42. The average Bonchev–Trinajstić information content (AvgIpc) is 2.17. The second kappa shape index (κ2) is 4.74. The first-order chi connectivity index (χ1) is 7.00. The Morgan fingerprint density at radius 3 is 2.60 bits per heavy atom. The normalized spacial score (nSPS) is 11.3. The minimum Gasteiger partial charge on any atom is -0.423 e. The molecular formula is C7H12BN5O2. The molecule has 0 atom stereocenters. The fraction of sp³-hybridized carbons (Fsp3) is 0.143. The molecule has 0 saturated heterocycles. The van der Waals surface area contributed by atoms with E-state index in [9.17, 15) is 0 Å². The van der Waals surface area contributed by atoms with Crippen molar-refractivity contribution < 1.29 is 10.0 Å². The number of hydrazine groups is 1. The molecule has 1 heterocycles. The lowest BCUT2D eigenvalue weighted by molar-refractivity contribution is 0.371. The smallest absolute Gasteiger partial charge is 0.423 e. The van der Waals surface area contributed by atoms with Gasteiger partial charge in [-0.2, -0.15) is 0 Å². The zero-order valence-electron chi connectivity index (χ0n) is 8.20. The van der Waals surface area contributed by atoms with Crippen molar-refractivity contribution in [3.8, 4) is 0 Å². The molecule has 0 bridgehead atoms. The SMILES string of the molecule is CN(N)/N=C(\N)c1ccc(B(O)O)cn1. The Kier molecular flexibility index (Phi) is 3.61. The minimum absolute atomic E-state index is 0.152. The molecule has 0 aliphatic rings. The first kappa shape index (κ1) is 11.4. The van der Waals surface area contributed by atoms with Gasteiger partial charge in [-0.1, -0.05) is 6.07 Å². The van der Waals surface area contributed by atoms with Gasteiger partial charge in [0.1, 0.15) is 5.69 Å². The molecule has 1 rings (SSSR count). The van der Waals surface area contributed by atoms with E-state index < -0.39 is 7.12 Å². The second-order valence-corrected chi connectivity index (χ2v) is 2.91. The van der Waals surface area contributed by atoms with Crippen LogP contribution in [-0.4, -0.2) is 40.2 Å². The second-order valence-electron chi connectivity index (χ2n) is 2.91. The lowest BCUT2D eigenvalue weighted by atomic mass is 9.82. The standard InChI is InChI=1S/C7H12BN5O2/c1-13(10)12-7(9)6-3-2-5(4-11-6)8(14)15/h2-4,14-15H,10H2,1H3,(H2,9,12). The summed E-state index contributed by atoms with van der Waals surface area (Å²) in [4.78, 5) is 3.89. The number of hydrogen-bond acceptors (Lipinski definition) is 6. The monoisotopic (exact) mass is 209 g/mol. The Hall–Kier alpha value is -1.64. The van der Waals surface area contributed by atoms with Gasteiger partial charge in [-0.15, -0.1) is 5.10 Å². The van der Waals surface area contributed by atoms with E-state index in [1.54, 1.807) is 0 Å². The molecule has 0 saturated carbocycles. The summed E-state index contributed by atoms with van der Waals surface area (Å²) < 4.78 is 0. The van der Waals surface area contributed by atoms with Gasteiger partial charge in [-0.05, 0) is 6.07 Å². The first-order valence-corrected chi connectivity index (χ1v) is 4.15. The maximum absolute atomic E-state index is 8.82. The van der Waals surface area contributed by atoms with Crippen molar-refractivity contribution in [1.82, 2.24) is 10.1 Å². The number of pyridine rings is 1. The fourth-order valence-corrected chi connectivity index (χ4v) is 0.931. The van der Waals surface area contributed by atoms with Crippen LogP contribution in [-0.2, 0) is 0 Å². The summed E-state index contributed by atoms with van der Waals surface area (Å²) >= 11 is 0. The van der Waals surface area contributed by atoms with E-state index in [2.05, 4.69) is 10.1 Å². The predicted octanol–water partition coefficient (Wildman–Crippen LogP) is -2.81. The van der Waals surface area contributed by atoms with Gasteiger partial charge in [0.05, 0.1) is 0 Å². The molecule has 15 heavy (non-hydrogen) atoms. The third-order valence-electron chi connectivity index (χ3n) is 1.61. The maximum Gasteiger partial charge on any atom is 0.490 e. The zero-order chi connectivity index (χ0) is 11.4. The van der Waals surface area contributed by atoms with Crippen molar-refractivity contribution >= 4 is 18.4 Å². The molecule has 1 aromatic rings. The van der Waals surface area contributed by atoms with Crippen LogP contribution in [0.3, 0.4) is 0 Å². The highest BCUT2D eigenvalue weighted by atomic mass is 16.4. The summed E-state index contributed by atoms with van der Waals surface area (Å²) in [7, 11) is -0.0134. The Labute approximate surface area is 87.1 Å². The van der Waals surface area contributed by atoms with Crippen molar-refractivity contribution in [2.45, 2.75) is 0 Å². The summed E-state index contributed by atoms with van der Waals surface area (Å²) in [6.07, 6.45) is 1.30. The first-order valence-electron chi connectivity index (χ1n) is 4.15. The predicted molar refractivity (Wildman–Crippen MR) is 56.7 cm³/mol. The van der Waals surface area contributed by atoms with E-state index in [0.29, 0.717) is 5.69 Å². The molecule has 80 valence electrons. The number of hydrazone groups is 1. The van der Waals surface area contributed by atoms with Crippen LogP contribution < -0.4 is 17.0 Å². The highest BCUT2D eigenvalue weighted by molar-refractivity contribution is 6.58. The van der Waals surface area contributed by atoms with Crippen LogP contribution in [0.15, 0.2) is 23.4 Å². The summed E-state index contributed by atoms with van der Waals surface area (Å²) in [5, 5.41) is 22.5. The number of rotatable bonds is 3. The Morgan fingerprint density at radius 2 is 2.20 bits per heavy atom. The molecule has 7 nitrogen and oxygen atoms in total. The van der Waals surface area contributed by atoms with E-state index in [1.807, 2.05) is 0 Å². The molecule has 6 N–H and O–H groups in total. The van der Waals surface area contributed by atoms with E-state index in [0.717, 1.165) is 5.12 Å². The molecule has 0 radical (unpaired) electrons. The third kappa shape index (κ3) is 3.20. The van der Waals surface area contributed by atoms with Gasteiger partial charge in [0.15, 0.2) is 5.84 Å². The minimum atomic E-state index is -1.54. The quantitative estimate of drug-likeness (QED) is 0.140. The molecule has 1 aromatic heterocycles. The van der Waals surface area contributed by atoms with Crippen molar-refractivity contribution in [1.29, 1.82) is 0 Å². The number of nitrogens with zero attached hydrogens (tertiary/aromatic N) is 3. The van der Waals surface area contributed by atoms with Crippen LogP contribution in [0, 0.1) is 0 Å². The van der Waals surface area contributed by atoms with E-state index >= 15 is 0 Å². The van der Waals surface area contributed by atoms with E-state index in [-0.39, 0.29) is 11.3 Å². The summed E-state index contributed by atoms with van der Waals surface area (Å²) in [6.45, 7) is 0. The Balaban J connectivity index is 2.89. The molecule has 0 amide bonds. The molecule has 0 fully saturated rings. The zero-order valence-corrected chi connectivity index (χ0v) is 8.20. The largest absolute Gasteiger partial charge is 0.490 e. The molecular weight excluding hydrogens is 197 g/mol. The molecule has 0 aliphatic carbocycles. The maximum atomic E-state index is 8.82. The van der Waals surface area contributed by atoms with Gasteiger partial charge in [-0.3, -0.25) is 4.98 Å². The van der Waals surface area contributed by atoms with Gasteiger partial charge in [-0.25, -0.2) is 11.0 Å². The van der Waals surface area contributed by atoms with Crippen molar-refractivity contribution in [2.24, 2.45) is 16.7 Å². The van der Waals surface area contributed by atoms with E-state index in [4.69, 9.17) is 21.6 Å². The fourth-order valence-electron chi connectivity index (χ4n) is 0.931. The lowest BCUT2D eigenvalue weighted by Gasteiger charge is -2.06. The molecule has 0 unspecified atom stereocenters. The molecule has 0 aliphatic heterocycles. The Morgan fingerprint density at radius 1 is 1.53 bits per heavy atom. The number of nitrogens with two attached hydrogens (primary N) is 2. The Bertz CT molecular complexity index is 351. The summed E-state index contributed by atoms with van der Waals surface area (Å²) in [5.41, 5.74) is 6.26. The van der Waals surface area contributed by atoms with Crippen molar-refractivity contribution in [3.05, 3.63) is 24.0 Å². The number of aromatic nitrogens is 1. The molecule has 0 spiro atoms. The highest BCUT2D eigenvalue weighted by Crippen LogP contribution is 1.92. The van der Waals surface area contributed by atoms with Gasteiger partial charge in [0, 0.05) is 18.7 Å². The van der Waals surface area contributed by atoms with Crippen LogP contribution in [0.1, 0.15) is 5.69 Å². The van der Waals surface area contributed by atoms with Crippen LogP contribution in [0.25, 0.3) is 0 Å². The summed E-state index contributed by atoms with van der Waals surface area (Å²) in [6, 6.07) is 3.02. The topological polar surface area (TPSA) is 121 Å². The third-order valence-corrected chi connectivity index (χ3v) is 1.61. The average molecular weight is 209 g/mol. The van der Waals surface area contributed by atoms with Crippen LogP contribution in [0.4, 0.5) is 0 Å². The van der Waals surface area contributed by atoms with Gasteiger partial charge in [0.25, 0.3) is 0 Å².